The molecule has 0 spiro atoms. The molecule has 78 valence electrons. The highest BCUT2D eigenvalue weighted by molar-refractivity contribution is 5.74. The van der Waals surface area contributed by atoms with Crippen molar-refractivity contribution < 1.29 is 0 Å². The van der Waals surface area contributed by atoms with Crippen LogP contribution in [0.2, 0.25) is 0 Å². The maximum atomic E-state index is 4.48. The lowest BCUT2D eigenvalue weighted by Gasteiger charge is -2.11. The minimum atomic E-state index is 1.03. The number of aryl methyl sites for hydroxylation is 1. The van der Waals surface area contributed by atoms with Crippen LogP contribution < -0.4 is 4.90 Å². The minimum absolute atomic E-state index is 1.03. The Morgan fingerprint density at radius 2 is 1.80 bits per heavy atom. The molecule has 0 aliphatic heterocycles. The third kappa shape index (κ3) is 1.86. The fourth-order valence-corrected chi connectivity index (χ4v) is 1.60. The minimum Gasteiger partial charge on any atom is -0.375 e. The van der Waals surface area contributed by atoms with E-state index in [1.165, 1.54) is 0 Å². The predicted molar refractivity (Wildman–Crippen MR) is 63.0 cm³/mol. The van der Waals surface area contributed by atoms with Gasteiger partial charge in [0.25, 0.3) is 0 Å². The molecule has 0 bridgehead atoms. The summed E-state index contributed by atoms with van der Waals surface area (Å²) in [6.07, 6.45) is 2.03. The van der Waals surface area contributed by atoms with Gasteiger partial charge in [0, 0.05) is 32.9 Å². The Morgan fingerprint density at radius 3 is 2.40 bits per heavy atom. The zero-order valence-corrected chi connectivity index (χ0v) is 9.31. The van der Waals surface area contributed by atoms with Gasteiger partial charge in [-0.15, -0.1) is 0 Å². The number of nitrogens with zero attached hydrogens (tertiary/aromatic N) is 3. The molecule has 0 fully saturated rings. The Kier molecular flexibility index (Phi) is 2.46. The molecule has 0 saturated carbocycles. The largest absolute Gasteiger partial charge is 0.375 e. The highest BCUT2D eigenvalue weighted by Gasteiger charge is 2.10. The first-order valence-electron chi connectivity index (χ1n) is 4.95. The second-order valence-electron chi connectivity index (χ2n) is 3.80. The van der Waals surface area contributed by atoms with Crippen molar-refractivity contribution in [3.8, 4) is 11.3 Å². The average Bonchev–Trinajstić information content (AvgIpc) is 2.62. The van der Waals surface area contributed by atoms with E-state index < -0.39 is 0 Å². The summed E-state index contributed by atoms with van der Waals surface area (Å²) in [4.78, 5) is 2.08. The van der Waals surface area contributed by atoms with Gasteiger partial charge >= 0.3 is 0 Å². The summed E-state index contributed by atoms with van der Waals surface area (Å²) in [5, 5.41) is 4.48. The van der Waals surface area contributed by atoms with Gasteiger partial charge in [-0.2, -0.15) is 5.10 Å². The van der Waals surface area contributed by atoms with Crippen LogP contribution in [0.3, 0.4) is 0 Å². The van der Waals surface area contributed by atoms with Crippen LogP contribution in [0.4, 0.5) is 5.69 Å². The Hall–Kier alpha value is -1.77. The van der Waals surface area contributed by atoms with Crippen LogP contribution in [0.1, 0.15) is 0 Å². The van der Waals surface area contributed by atoms with E-state index in [9.17, 15) is 0 Å². The topological polar surface area (TPSA) is 21.1 Å². The van der Waals surface area contributed by atoms with E-state index in [4.69, 9.17) is 0 Å². The standard InChI is InChI=1S/C12H15N3/c1-14(2)11-9-15(3)13-12(11)10-7-5-4-6-8-10/h4-9H,1-3H3. The molecule has 0 radical (unpaired) electrons. The molecule has 15 heavy (non-hydrogen) atoms. The van der Waals surface area contributed by atoms with Crippen molar-refractivity contribution in [2.24, 2.45) is 7.05 Å². The first-order chi connectivity index (χ1) is 7.18. The van der Waals surface area contributed by atoms with Gasteiger partial charge in [0.15, 0.2) is 0 Å². The molecule has 2 aromatic rings. The van der Waals surface area contributed by atoms with Crippen LogP contribution >= 0.6 is 0 Å². The summed E-state index contributed by atoms with van der Waals surface area (Å²) >= 11 is 0. The molecule has 0 amide bonds. The Bertz CT molecular complexity index is 443. The molecule has 1 aromatic carbocycles. The van der Waals surface area contributed by atoms with Gasteiger partial charge in [-0.05, 0) is 0 Å². The fraction of sp³-hybridized carbons (Fsp3) is 0.250. The number of anilines is 1. The highest BCUT2D eigenvalue weighted by atomic mass is 15.3. The summed E-state index contributed by atoms with van der Waals surface area (Å²) in [7, 11) is 6.01. The molecule has 1 aromatic heterocycles. The number of hydrogen-bond acceptors (Lipinski definition) is 2. The average molecular weight is 201 g/mol. The van der Waals surface area contributed by atoms with Crippen molar-refractivity contribution in [2.45, 2.75) is 0 Å². The van der Waals surface area contributed by atoms with E-state index in [2.05, 4.69) is 22.1 Å². The highest BCUT2D eigenvalue weighted by Crippen LogP contribution is 2.27. The Labute approximate surface area is 90.0 Å². The molecule has 3 nitrogen and oxygen atoms in total. The molecule has 0 N–H and O–H groups in total. The first-order valence-corrected chi connectivity index (χ1v) is 4.95. The van der Waals surface area contributed by atoms with Gasteiger partial charge < -0.3 is 4.90 Å². The molecular weight excluding hydrogens is 186 g/mol. The van der Waals surface area contributed by atoms with Gasteiger partial charge in [-0.25, -0.2) is 0 Å². The summed E-state index contributed by atoms with van der Waals surface area (Å²) < 4.78 is 1.84. The van der Waals surface area contributed by atoms with E-state index in [0.29, 0.717) is 0 Å². The van der Waals surface area contributed by atoms with Crippen molar-refractivity contribution in [3.05, 3.63) is 36.5 Å². The van der Waals surface area contributed by atoms with Crippen molar-refractivity contribution in [1.29, 1.82) is 0 Å². The summed E-state index contributed by atoms with van der Waals surface area (Å²) in [6.45, 7) is 0. The Morgan fingerprint density at radius 1 is 1.13 bits per heavy atom. The van der Waals surface area contributed by atoms with Gasteiger partial charge in [0.2, 0.25) is 0 Å². The van der Waals surface area contributed by atoms with E-state index in [-0.39, 0.29) is 0 Å². The molecule has 3 heteroatoms. The molecule has 0 saturated heterocycles. The van der Waals surface area contributed by atoms with E-state index in [0.717, 1.165) is 16.9 Å². The predicted octanol–water partition coefficient (Wildman–Crippen LogP) is 2.15. The smallest absolute Gasteiger partial charge is 0.116 e. The van der Waals surface area contributed by atoms with Crippen molar-refractivity contribution in [1.82, 2.24) is 9.78 Å². The molecule has 0 unspecified atom stereocenters. The van der Waals surface area contributed by atoms with Crippen LogP contribution in [-0.2, 0) is 7.05 Å². The molecule has 2 rings (SSSR count). The normalized spacial score (nSPS) is 10.3. The maximum absolute atomic E-state index is 4.48. The van der Waals surface area contributed by atoms with Gasteiger partial charge in [-0.1, -0.05) is 30.3 Å². The summed E-state index contributed by atoms with van der Waals surface area (Å²) in [5.41, 5.74) is 3.33. The Balaban J connectivity index is 2.53. The lowest BCUT2D eigenvalue weighted by Crippen LogP contribution is -2.08. The van der Waals surface area contributed by atoms with Crippen molar-refractivity contribution >= 4 is 5.69 Å². The first kappa shape index (κ1) is 9.77. The summed E-state index contributed by atoms with van der Waals surface area (Å²) in [5.74, 6) is 0. The second-order valence-corrected chi connectivity index (χ2v) is 3.80. The van der Waals surface area contributed by atoms with Crippen molar-refractivity contribution in [3.63, 3.8) is 0 Å². The summed E-state index contributed by atoms with van der Waals surface area (Å²) in [6, 6.07) is 10.2. The third-order valence-corrected chi connectivity index (χ3v) is 2.34. The monoisotopic (exact) mass is 201 g/mol. The lowest BCUT2D eigenvalue weighted by molar-refractivity contribution is 0.770. The molecule has 1 heterocycles. The number of aromatic nitrogens is 2. The number of benzene rings is 1. The zero-order valence-electron chi connectivity index (χ0n) is 9.31. The molecular formula is C12H15N3. The SMILES string of the molecule is CN(C)c1cn(C)nc1-c1ccccc1. The van der Waals surface area contributed by atoms with E-state index in [1.54, 1.807) is 0 Å². The number of hydrogen-bond donors (Lipinski definition) is 0. The van der Waals surface area contributed by atoms with Crippen LogP contribution in [0, 0.1) is 0 Å². The van der Waals surface area contributed by atoms with E-state index in [1.807, 2.05) is 50.2 Å². The lowest BCUT2D eigenvalue weighted by atomic mass is 10.1. The molecule has 0 aliphatic carbocycles. The second kappa shape index (κ2) is 3.77. The van der Waals surface area contributed by atoms with E-state index >= 15 is 0 Å². The zero-order chi connectivity index (χ0) is 10.8. The van der Waals surface area contributed by atoms with Gasteiger partial charge in [-0.3, -0.25) is 4.68 Å². The third-order valence-electron chi connectivity index (χ3n) is 2.34. The van der Waals surface area contributed by atoms with Crippen molar-refractivity contribution in [2.75, 3.05) is 19.0 Å². The molecule has 0 aliphatic rings. The quantitative estimate of drug-likeness (QED) is 0.742. The van der Waals surface area contributed by atoms with Gasteiger partial charge in [0.05, 0.1) is 5.69 Å². The van der Waals surface area contributed by atoms with Crippen LogP contribution in [0.15, 0.2) is 36.5 Å². The molecule has 0 atom stereocenters. The van der Waals surface area contributed by atoms with Crippen LogP contribution in [0.25, 0.3) is 11.3 Å². The van der Waals surface area contributed by atoms with Crippen LogP contribution in [0.5, 0.6) is 0 Å². The van der Waals surface area contributed by atoms with Gasteiger partial charge in [0.1, 0.15) is 5.69 Å². The maximum Gasteiger partial charge on any atom is 0.116 e. The number of rotatable bonds is 2. The fourth-order valence-electron chi connectivity index (χ4n) is 1.60. The van der Waals surface area contributed by atoms with Crippen LogP contribution in [-0.4, -0.2) is 23.9 Å².